The molecule has 5 heterocycles. The molecule has 10 heteroatoms. The minimum atomic E-state index is -0.199. The Hall–Kier alpha value is -2.72. The van der Waals surface area contributed by atoms with Crippen molar-refractivity contribution in [2.75, 3.05) is 38.1 Å². The smallest absolute Gasteiger partial charge is 0.209 e. The maximum absolute atomic E-state index is 11.1. The maximum Gasteiger partial charge on any atom is 0.209 e. The number of pyridine rings is 1. The van der Waals surface area contributed by atoms with Gasteiger partial charge in [-0.15, -0.1) is 5.10 Å². The summed E-state index contributed by atoms with van der Waals surface area (Å²) in [6.45, 7) is 10.9. The molecule has 6 atom stereocenters. The van der Waals surface area contributed by atoms with Crippen LogP contribution in [0, 0.1) is 23.7 Å². The molecule has 202 valence electrons. The zero-order valence-corrected chi connectivity index (χ0v) is 22.2. The van der Waals surface area contributed by atoms with Crippen molar-refractivity contribution in [3.63, 3.8) is 0 Å². The van der Waals surface area contributed by atoms with Gasteiger partial charge in [0.1, 0.15) is 0 Å². The number of ether oxygens (including phenoxy) is 1. The van der Waals surface area contributed by atoms with Gasteiger partial charge in [-0.2, -0.15) is 0 Å². The summed E-state index contributed by atoms with van der Waals surface area (Å²) in [5, 5.41) is 18.7. The first-order valence-corrected chi connectivity index (χ1v) is 13.8. The molecular weight excluding hydrogens is 470 g/mol. The van der Waals surface area contributed by atoms with E-state index in [0.29, 0.717) is 30.4 Å². The summed E-state index contributed by atoms with van der Waals surface area (Å²) < 4.78 is 12.2. The second kappa shape index (κ2) is 11.3. The quantitative estimate of drug-likeness (QED) is 0.414. The molecule has 0 aliphatic carbocycles. The Balaban J connectivity index is 1.25. The molecule has 3 saturated heterocycles. The Morgan fingerprint density at radius 3 is 2.97 bits per heavy atom. The molecule has 37 heavy (non-hydrogen) atoms. The van der Waals surface area contributed by atoms with Crippen molar-refractivity contribution in [1.29, 1.82) is 0 Å². The first-order valence-electron chi connectivity index (χ1n) is 13.8. The fourth-order valence-corrected chi connectivity index (χ4v) is 6.92. The number of anilines is 1. The third-order valence-electron chi connectivity index (χ3n) is 8.97. The molecule has 3 aliphatic heterocycles. The Morgan fingerprint density at radius 1 is 1.32 bits per heavy atom. The Morgan fingerprint density at radius 2 is 2.22 bits per heavy atom. The van der Waals surface area contributed by atoms with E-state index < -0.39 is 0 Å². The molecule has 3 N–H and O–H groups in total. The monoisotopic (exact) mass is 511 g/mol. The van der Waals surface area contributed by atoms with Crippen LogP contribution >= 0.6 is 0 Å². The first kappa shape index (κ1) is 25.9. The fourth-order valence-electron chi connectivity index (χ4n) is 6.92. The topological polar surface area (TPSA) is 117 Å². The number of carbonyl (C=O) groups is 1. The molecule has 2 aromatic rings. The maximum atomic E-state index is 11.1. The summed E-state index contributed by atoms with van der Waals surface area (Å²) in [5.74, 6) is 3.92. The van der Waals surface area contributed by atoms with E-state index in [1.54, 1.807) is 12.4 Å². The highest BCUT2D eigenvalue weighted by Gasteiger charge is 2.50. The van der Waals surface area contributed by atoms with Crippen LogP contribution in [0.15, 0.2) is 29.0 Å². The fraction of sp³-hybridized carbons (Fsp3) is 0.704. The number of nitrogens with one attached hydrogen (secondary N) is 3. The van der Waals surface area contributed by atoms with E-state index in [2.05, 4.69) is 52.1 Å². The van der Waals surface area contributed by atoms with Crippen LogP contribution in [0.3, 0.4) is 0 Å². The summed E-state index contributed by atoms with van der Waals surface area (Å²) >= 11 is 0. The lowest BCUT2D eigenvalue weighted by atomic mass is 9.59. The standard InChI is InChI=1S/C27H41N7O3/c1-18(2)21-13-28-11-9-27(21,24-14-30-33-37-24)19(3)16-36-23-5-4-10-29-26(23)32-25-7-6-22(31-25)20-8-12-34(15-20)17-35/h4-5,10,14,17-22,25,28,31H,6-9,11-13,15-16H2,1-3H3,(H,29,32)/t19?,20?,21?,22-,25?,27+/m0/s1. The molecule has 2 aromatic heterocycles. The van der Waals surface area contributed by atoms with Crippen LogP contribution in [0.5, 0.6) is 5.75 Å². The van der Waals surface area contributed by atoms with Crippen molar-refractivity contribution in [1.82, 2.24) is 30.9 Å². The number of amides is 1. The van der Waals surface area contributed by atoms with Crippen molar-refractivity contribution >= 4 is 12.2 Å². The van der Waals surface area contributed by atoms with Gasteiger partial charge in [-0.05, 0) is 68.7 Å². The van der Waals surface area contributed by atoms with E-state index in [1.807, 2.05) is 17.0 Å². The Labute approximate surface area is 219 Å². The Bertz CT molecular complexity index is 1020. The summed E-state index contributed by atoms with van der Waals surface area (Å²) in [4.78, 5) is 17.6. The minimum Gasteiger partial charge on any atom is -0.489 e. The van der Waals surface area contributed by atoms with Crippen LogP contribution in [0.2, 0.25) is 0 Å². The van der Waals surface area contributed by atoms with Crippen molar-refractivity contribution in [3.05, 3.63) is 30.3 Å². The number of piperidine rings is 1. The highest BCUT2D eigenvalue weighted by Crippen LogP contribution is 2.47. The zero-order valence-electron chi connectivity index (χ0n) is 22.2. The number of nitrogens with zero attached hydrogens (tertiary/aromatic N) is 4. The first-order chi connectivity index (χ1) is 18.0. The molecule has 0 radical (unpaired) electrons. The molecule has 0 spiro atoms. The summed E-state index contributed by atoms with van der Waals surface area (Å²) in [7, 11) is 0. The van der Waals surface area contributed by atoms with Crippen LogP contribution in [-0.4, -0.2) is 71.7 Å². The molecule has 0 aromatic carbocycles. The van der Waals surface area contributed by atoms with Gasteiger partial charge in [0.15, 0.2) is 17.3 Å². The number of hydrogen-bond donors (Lipinski definition) is 3. The average molecular weight is 512 g/mol. The third-order valence-corrected chi connectivity index (χ3v) is 8.97. The second-order valence-electron chi connectivity index (χ2n) is 11.4. The van der Waals surface area contributed by atoms with Crippen molar-refractivity contribution in [3.8, 4) is 5.75 Å². The lowest BCUT2D eigenvalue weighted by molar-refractivity contribution is -0.117. The predicted molar refractivity (Wildman–Crippen MR) is 140 cm³/mol. The van der Waals surface area contributed by atoms with Crippen LogP contribution in [-0.2, 0) is 10.2 Å². The lowest BCUT2D eigenvalue weighted by Gasteiger charge is -2.48. The van der Waals surface area contributed by atoms with E-state index >= 15 is 0 Å². The molecule has 0 saturated carbocycles. The van der Waals surface area contributed by atoms with E-state index in [-0.39, 0.29) is 17.5 Å². The molecular formula is C27H41N7O3. The van der Waals surface area contributed by atoms with Gasteiger partial charge in [-0.1, -0.05) is 20.8 Å². The molecule has 10 nitrogen and oxygen atoms in total. The number of rotatable bonds is 10. The number of hydrogen-bond acceptors (Lipinski definition) is 9. The van der Waals surface area contributed by atoms with Crippen LogP contribution in [0.25, 0.3) is 0 Å². The second-order valence-corrected chi connectivity index (χ2v) is 11.4. The van der Waals surface area contributed by atoms with Gasteiger partial charge in [0.25, 0.3) is 0 Å². The van der Waals surface area contributed by atoms with Crippen LogP contribution < -0.4 is 20.7 Å². The van der Waals surface area contributed by atoms with E-state index in [9.17, 15) is 4.79 Å². The van der Waals surface area contributed by atoms with Gasteiger partial charge in [-0.3, -0.25) is 10.1 Å². The number of carbonyl (C=O) groups excluding carboxylic acids is 1. The van der Waals surface area contributed by atoms with Gasteiger partial charge in [-0.25, -0.2) is 4.98 Å². The van der Waals surface area contributed by atoms with E-state index in [4.69, 9.17) is 9.26 Å². The molecule has 0 bridgehead atoms. The SMILES string of the molecule is CC(C)C1CNCC[C@@]1(c1cnno1)C(C)COc1cccnc1NC1CC[C@@H](C2CCN(C=O)C2)N1. The number of likely N-dealkylation sites (tertiary alicyclic amines) is 1. The molecule has 5 rings (SSSR count). The largest absolute Gasteiger partial charge is 0.489 e. The molecule has 4 unspecified atom stereocenters. The van der Waals surface area contributed by atoms with Gasteiger partial charge in [0, 0.05) is 41.9 Å². The highest BCUT2D eigenvalue weighted by molar-refractivity contribution is 5.50. The molecule has 3 fully saturated rings. The normalized spacial score (nSPS) is 31.0. The van der Waals surface area contributed by atoms with Crippen molar-refractivity contribution in [2.45, 2.75) is 64.1 Å². The van der Waals surface area contributed by atoms with E-state index in [0.717, 1.165) is 75.6 Å². The van der Waals surface area contributed by atoms with Gasteiger partial charge in [0.05, 0.1) is 19.0 Å². The van der Waals surface area contributed by atoms with Gasteiger partial charge >= 0.3 is 0 Å². The summed E-state index contributed by atoms with van der Waals surface area (Å²) in [5.41, 5.74) is -0.199. The molecule has 3 aliphatic rings. The van der Waals surface area contributed by atoms with Crippen molar-refractivity contribution in [2.24, 2.45) is 23.7 Å². The van der Waals surface area contributed by atoms with Crippen LogP contribution in [0.1, 0.15) is 52.2 Å². The number of aromatic nitrogens is 3. The Kier molecular flexibility index (Phi) is 7.95. The zero-order chi connectivity index (χ0) is 25.8. The summed E-state index contributed by atoms with van der Waals surface area (Å²) in [6.07, 6.45) is 8.81. The van der Waals surface area contributed by atoms with Crippen LogP contribution in [0.4, 0.5) is 5.82 Å². The molecule has 1 amide bonds. The van der Waals surface area contributed by atoms with Gasteiger partial charge < -0.3 is 24.8 Å². The van der Waals surface area contributed by atoms with Gasteiger partial charge in [0.2, 0.25) is 6.41 Å². The lowest BCUT2D eigenvalue weighted by Crippen LogP contribution is -2.54. The highest BCUT2D eigenvalue weighted by atomic mass is 16.5. The third kappa shape index (κ3) is 5.31. The minimum absolute atomic E-state index is 0.131. The summed E-state index contributed by atoms with van der Waals surface area (Å²) in [6, 6.07) is 4.32. The predicted octanol–water partition coefficient (Wildman–Crippen LogP) is 2.65. The van der Waals surface area contributed by atoms with E-state index in [1.165, 1.54) is 0 Å². The van der Waals surface area contributed by atoms with Crippen molar-refractivity contribution < 1.29 is 14.1 Å². The average Bonchev–Trinajstić information content (AvgIpc) is 3.70.